The van der Waals surface area contributed by atoms with Gasteiger partial charge in [0.2, 0.25) is 0 Å². The minimum atomic E-state index is -0.982. The Morgan fingerprint density at radius 3 is 2.44 bits per heavy atom. The van der Waals surface area contributed by atoms with Crippen molar-refractivity contribution in [3.05, 3.63) is 0 Å². The van der Waals surface area contributed by atoms with Crippen LogP contribution in [0, 0.1) is 46.3 Å². The van der Waals surface area contributed by atoms with Gasteiger partial charge in [0, 0.05) is 22.8 Å². The van der Waals surface area contributed by atoms with E-state index in [1.807, 2.05) is 0 Å². The molecule has 4 aliphatic rings. The highest BCUT2D eigenvalue weighted by molar-refractivity contribution is 8.00. The first-order valence-corrected chi connectivity index (χ1v) is 15.9. The van der Waals surface area contributed by atoms with E-state index < -0.39 is 23.7 Å². The Morgan fingerprint density at radius 1 is 1.06 bits per heavy atom. The first kappa shape index (κ1) is 28.7. The molecule has 0 unspecified atom stereocenters. The average Bonchev–Trinajstić information content (AvgIpc) is 3.15. The van der Waals surface area contributed by atoms with Crippen LogP contribution in [0.5, 0.6) is 0 Å². The second kappa shape index (κ2) is 10.7. The zero-order valence-corrected chi connectivity index (χ0v) is 24.2. The van der Waals surface area contributed by atoms with Crippen LogP contribution in [0.3, 0.4) is 0 Å². The number of nitrogens with two attached hydrogens (primary N) is 1. The Morgan fingerprint density at radius 2 is 1.78 bits per heavy atom. The maximum Gasteiger partial charge on any atom is 0.321 e. The lowest BCUT2D eigenvalue weighted by Crippen LogP contribution is -2.68. The molecule has 0 bridgehead atoms. The Hall–Kier alpha value is -0.300. The van der Waals surface area contributed by atoms with E-state index in [-0.39, 0.29) is 10.7 Å². The van der Waals surface area contributed by atoms with E-state index in [2.05, 4.69) is 34.6 Å². The van der Waals surface area contributed by atoms with E-state index in [9.17, 15) is 20.1 Å². The number of aliphatic hydroxyl groups is 2. The minimum Gasteiger partial charge on any atom is -0.480 e. The standard InChI is InChI=1S/C30H53NO4S/c1-18(2)7-6-8-19(3)22-9-10-23-21-15-26(36-17-25(31)27(33)34)30(35)16-20(32)11-14-29(30,5)24(21)12-13-28(22,23)4/h18-26,32,35H,6-17,31H2,1-5H3,(H,33,34)/t19-,20+,21+,22-,23+,24+,25+,26-,28-,29-,30+/m1/s1. The van der Waals surface area contributed by atoms with E-state index in [0.29, 0.717) is 35.3 Å². The van der Waals surface area contributed by atoms with Crippen molar-refractivity contribution in [2.45, 2.75) is 128 Å². The van der Waals surface area contributed by atoms with Gasteiger partial charge in [0.1, 0.15) is 6.04 Å². The van der Waals surface area contributed by atoms with Crippen LogP contribution in [0.25, 0.3) is 0 Å². The summed E-state index contributed by atoms with van der Waals surface area (Å²) in [7, 11) is 0. The summed E-state index contributed by atoms with van der Waals surface area (Å²) < 4.78 is 0. The largest absolute Gasteiger partial charge is 0.480 e. The van der Waals surface area contributed by atoms with Crippen LogP contribution in [0.2, 0.25) is 0 Å². The molecule has 0 saturated heterocycles. The highest BCUT2D eigenvalue weighted by Gasteiger charge is 2.67. The van der Waals surface area contributed by atoms with Crippen molar-refractivity contribution in [1.82, 2.24) is 0 Å². The van der Waals surface area contributed by atoms with Crippen LogP contribution in [-0.4, -0.2) is 50.0 Å². The van der Waals surface area contributed by atoms with Crippen LogP contribution in [0.4, 0.5) is 0 Å². The van der Waals surface area contributed by atoms with E-state index in [0.717, 1.165) is 37.0 Å². The van der Waals surface area contributed by atoms with Gasteiger partial charge in [-0.3, -0.25) is 4.79 Å². The van der Waals surface area contributed by atoms with Crippen molar-refractivity contribution in [2.75, 3.05) is 5.75 Å². The molecule has 0 aromatic carbocycles. The second-order valence-corrected chi connectivity index (χ2v) is 15.4. The van der Waals surface area contributed by atoms with E-state index in [4.69, 9.17) is 5.73 Å². The Labute approximate surface area is 223 Å². The van der Waals surface area contributed by atoms with Crippen molar-refractivity contribution in [1.29, 1.82) is 0 Å². The van der Waals surface area contributed by atoms with Gasteiger partial charge in [0.25, 0.3) is 0 Å². The molecule has 11 atom stereocenters. The second-order valence-electron chi connectivity index (χ2n) is 14.1. The maximum absolute atomic E-state index is 12.3. The van der Waals surface area contributed by atoms with E-state index in [1.54, 1.807) is 11.8 Å². The number of aliphatic hydroxyl groups excluding tert-OH is 1. The molecule has 0 aliphatic heterocycles. The predicted octanol–water partition coefficient (Wildman–Crippen LogP) is 5.71. The molecule has 0 aromatic rings. The normalized spacial score (nSPS) is 46.0. The van der Waals surface area contributed by atoms with E-state index in [1.165, 1.54) is 44.9 Å². The average molecular weight is 524 g/mol. The fourth-order valence-corrected chi connectivity index (χ4v) is 11.3. The summed E-state index contributed by atoms with van der Waals surface area (Å²) in [6.07, 6.45) is 11.5. The van der Waals surface area contributed by atoms with Gasteiger partial charge in [-0.1, -0.05) is 53.9 Å². The molecule has 6 heteroatoms. The van der Waals surface area contributed by atoms with Gasteiger partial charge in [-0.15, -0.1) is 0 Å². The molecule has 5 nitrogen and oxygen atoms in total. The van der Waals surface area contributed by atoms with Crippen LogP contribution in [-0.2, 0) is 4.79 Å². The molecule has 0 amide bonds. The molecule has 4 rings (SSSR count). The molecule has 4 aliphatic carbocycles. The molecular formula is C30H53NO4S. The summed E-state index contributed by atoms with van der Waals surface area (Å²) in [6, 6.07) is -0.921. The summed E-state index contributed by atoms with van der Waals surface area (Å²) in [6.45, 7) is 12.0. The SMILES string of the molecule is CC(C)CCC[C@@H](C)[C@H]1CC[C@H]2[C@@H]3C[C@@H](SC[C@H](N)C(=O)O)[C@@]4(O)C[C@@H](O)CC[C@]4(C)[C@H]3CC[C@]12C. The topological polar surface area (TPSA) is 104 Å². The Balaban J connectivity index is 1.57. The zero-order valence-electron chi connectivity index (χ0n) is 23.4. The first-order chi connectivity index (χ1) is 16.8. The van der Waals surface area contributed by atoms with Crippen molar-refractivity contribution in [2.24, 2.45) is 52.1 Å². The molecular weight excluding hydrogens is 470 g/mol. The maximum atomic E-state index is 12.3. The van der Waals surface area contributed by atoms with Gasteiger partial charge in [0.05, 0.1) is 11.7 Å². The molecule has 0 radical (unpaired) electrons. The lowest BCUT2D eigenvalue weighted by molar-refractivity contribution is -0.216. The van der Waals surface area contributed by atoms with Crippen LogP contribution in [0.15, 0.2) is 0 Å². The highest BCUT2D eigenvalue weighted by Crippen LogP contribution is 2.70. The molecule has 0 spiro atoms. The van der Waals surface area contributed by atoms with Crippen molar-refractivity contribution < 1.29 is 20.1 Å². The Bertz CT molecular complexity index is 793. The number of rotatable bonds is 9. The van der Waals surface area contributed by atoms with Gasteiger partial charge < -0.3 is 21.1 Å². The summed E-state index contributed by atoms with van der Waals surface area (Å²) >= 11 is 1.56. The highest BCUT2D eigenvalue weighted by atomic mass is 32.2. The van der Waals surface area contributed by atoms with Crippen molar-refractivity contribution in [3.8, 4) is 0 Å². The van der Waals surface area contributed by atoms with Gasteiger partial charge in [-0.2, -0.15) is 11.8 Å². The smallest absolute Gasteiger partial charge is 0.321 e. The lowest BCUT2D eigenvalue weighted by atomic mass is 9.43. The molecule has 4 fully saturated rings. The number of aliphatic carboxylic acids is 1. The summed E-state index contributed by atoms with van der Waals surface area (Å²) in [5.74, 6) is 3.37. The van der Waals surface area contributed by atoms with Gasteiger partial charge >= 0.3 is 5.97 Å². The Kier molecular flexibility index (Phi) is 8.53. The fraction of sp³-hybridized carbons (Fsp3) is 0.967. The zero-order chi connectivity index (χ0) is 26.5. The quantitative estimate of drug-likeness (QED) is 0.309. The molecule has 208 valence electrons. The lowest BCUT2D eigenvalue weighted by Gasteiger charge is -2.66. The minimum absolute atomic E-state index is 0.0750. The monoisotopic (exact) mass is 523 g/mol. The third kappa shape index (κ3) is 4.91. The van der Waals surface area contributed by atoms with Crippen LogP contribution >= 0.6 is 11.8 Å². The summed E-state index contributed by atoms with van der Waals surface area (Å²) in [5.41, 5.74) is 5.07. The number of carbonyl (C=O) groups is 1. The number of hydrogen-bond donors (Lipinski definition) is 4. The molecule has 0 aromatic heterocycles. The number of carboxylic acid groups (broad SMARTS) is 1. The van der Waals surface area contributed by atoms with Crippen LogP contribution in [0.1, 0.15) is 105 Å². The molecule has 0 heterocycles. The van der Waals surface area contributed by atoms with Crippen molar-refractivity contribution >= 4 is 17.7 Å². The first-order valence-electron chi connectivity index (χ1n) is 14.8. The molecule has 4 saturated carbocycles. The van der Waals surface area contributed by atoms with Crippen molar-refractivity contribution in [3.63, 3.8) is 0 Å². The summed E-state index contributed by atoms with van der Waals surface area (Å²) in [5, 5.41) is 32.2. The van der Waals surface area contributed by atoms with Crippen LogP contribution < -0.4 is 5.73 Å². The number of thioether (sulfide) groups is 1. The van der Waals surface area contributed by atoms with Gasteiger partial charge in [-0.25, -0.2) is 0 Å². The van der Waals surface area contributed by atoms with Gasteiger partial charge in [0.15, 0.2) is 0 Å². The predicted molar refractivity (Wildman–Crippen MR) is 148 cm³/mol. The van der Waals surface area contributed by atoms with E-state index >= 15 is 0 Å². The molecule has 36 heavy (non-hydrogen) atoms. The van der Waals surface area contributed by atoms with Gasteiger partial charge in [-0.05, 0) is 85.9 Å². The third-order valence-electron chi connectivity index (χ3n) is 11.8. The number of hydrogen-bond acceptors (Lipinski definition) is 5. The molecule has 5 N–H and O–H groups in total. The summed E-state index contributed by atoms with van der Waals surface area (Å²) in [4.78, 5) is 11.4. The number of carboxylic acids is 1. The number of fused-ring (bicyclic) bond motifs is 5. The fourth-order valence-electron chi connectivity index (χ4n) is 9.75. The third-order valence-corrected chi connectivity index (χ3v) is 13.3.